The number of aromatic amines is 1. The highest BCUT2D eigenvalue weighted by atomic mass is 79.9. The lowest BCUT2D eigenvalue weighted by Crippen LogP contribution is -2.48. The molecule has 0 aliphatic carbocycles. The van der Waals surface area contributed by atoms with E-state index in [0.29, 0.717) is 5.69 Å². The quantitative estimate of drug-likeness (QED) is 0.446. The van der Waals surface area contributed by atoms with E-state index in [1.54, 1.807) is 11.3 Å². The Morgan fingerprint density at radius 3 is 2.67 bits per heavy atom. The molecule has 1 aliphatic heterocycles. The molecule has 1 N–H and O–H groups in total. The molecule has 0 radical (unpaired) electrons. The van der Waals surface area contributed by atoms with Crippen LogP contribution in [-0.4, -0.2) is 51.9 Å². The lowest BCUT2D eigenvalue weighted by molar-refractivity contribution is 0.0622. The molecule has 5 rings (SSSR count). The van der Waals surface area contributed by atoms with Crippen molar-refractivity contribution in [2.45, 2.75) is 6.54 Å². The van der Waals surface area contributed by atoms with Gasteiger partial charge in [0, 0.05) is 59.0 Å². The molecule has 152 valence electrons. The Labute approximate surface area is 187 Å². The number of halogens is 1. The molecule has 3 heterocycles. The summed E-state index contributed by atoms with van der Waals surface area (Å²) in [6.07, 6.45) is 0. The Bertz CT molecular complexity index is 1180. The summed E-state index contributed by atoms with van der Waals surface area (Å²) < 4.78 is 1.01. The number of rotatable bonds is 4. The number of benzene rings is 2. The van der Waals surface area contributed by atoms with E-state index in [9.17, 15) is 4.79 Å². The van der Waals surface area contributed by atoms with Crippen molar-refractivity contribution in [3.8, 4) is 10.6 Å². The normalized spacial score (nSPS) is 15.0. The first-order valence-electron chi connectivity index (χ1n) is 9.95. The van der Waals surface area contributed by atoms with E-state index in [1.807, 2.05) is 47.4 Å². The number of nitrogens with one attached hydrogen (secondary N) is 1. The van der Waals surface area contributed by atoms with E-state index in [0.717, 1.165) is 64.4 Å². The van der Waals surface area contributed by atoms with E-state index >= 15 is 0 Å². The molecule has 7 heteroatoms. The van der Waals surface area contributed by atoms with Crippen molar-refractivity contribution in [2.24, 2.45) is 0 Å². The maximum absolute atomic E-state index is 12.9. The number of nitrogens with zero attached hydrogens (tertiary/aromatic N) is 3. The van der Waals surface area contributed by atoms with Crippen LogP contribution < -0.4 is 0 Å². The SMILES string of the molecule is O=C(c1cc2cc(Br)ccc2[nH]1)N1CCN(Cc2csc(-c3ccccc3)n2)CC1. The number of piperazine rings is 1. The third-order valence-electron chi connectivity index (χ3n) is 5.43. The molecular formula is C23H21BrN4OS. The molecule has 0 saturated carbocycles. The fourth-order valence-corrected chi connectivity index (χ4v) is 5.02. The first kappa shape index (κ1) is 19.5. The topological polar surface area (TPSA) is 52.2 Å². The van der Waals surface area contributed by atoms with Crippen molar-refractivity contribution in [3.63, 3.8) is 0 Å². The minimum atomic E-state index is 0.0713. The van der Waals surface area contributed by atoms with Crippen LogP contribution in [0.2, 0.25) is 0 Å². The van der Waals surface area contributed by atoms with Crippen LogP contribution in [0.4, 0.5) is 0 Å². The Morgan fingerprint density at radius 2 is 1.87 bits per heavy atom. The minimum Gasteiger partial charge on any atom is -0.351 e. The minimum absolute atomic E-state index is 0.0713. The van der Waals surface area contributed by atoms with Gasteiger partial charge >= 0.3 is 0 Å². The summed E-state index contributed by atoms with van der Waals surface area (Å²) in [6.45, 7) is 4.00. The number of hydrogen-bond donors (Lipinski definition) is 1. The van der Waals surface area contributed by atoms with Gasteiger partial charge in [0.15, 0.2) is 0 Å². The largest absolute Gasteiger partial charge is 0.351 e. The van der Waals surface area contributed by atoms with Gasteiger partial charge in [0.1, 0.15) is 10.7 Å². The van der Waals surface area contributed by atoms with Crippen LogP contribution in [0.5, 0.6) is 0 Å². The van der Waals surface area contributed by atoms with E-state index in [1.165, 1.54) is 0 Å². The number of aromatic nitrogens is 2. The van der Waals surface area contributed by atoms with Crippen molar-refractivity contribution in [3.05, 3.63) is 75.8 Å². The number of fused-ring (bicyclic) bond motifs is 1. The first-order valence-corrected chi connectivity index (χ1v) is 11.6. The molecule has 0 spiro atoms. The molecule has 1 saturated heterocycles. The Hall–Kier alpha value is -2.48. The average Bonchev–Trinajstić information content (AvgIpc) is 3.41. The summed E-state index contributed by atoms with van der Waals surface area (Å²) >= 11 is 5.17. The summed E-state index contributed by atoms with van der Waals surface area (Å²) in [6, 6.07) is 18.2. The number of hydrogen-bond acceptors (Lipinski definition) is 4. The number of carbonyl (C=O) groups is 1. The Balaban J connectivity index is 1.20. The van der Waals surface area contributed by atoms with Crippen LogP contribution in [-0.2, 0) is 6.54 Å². The zero-order valence-corrected chi connectivity index (χ0v) is 18.7. The van der Waals surface area contributed by atoms with Gasteiger partial charge in [-0.25, -0.2) is 4.98 Å². The highest BCUT2D eigenvalue weighted by Gasteiger charge is 2.24. The molecule has 5 nitrogen and oxygen atoms in total. The standard InChI is InChI=1S/C23H21BrN4OS/c24-18-6-7-20-17(12-18)13-21(26-20)23(29)28-10-8-27(9-11-28)14-19-15-30-22(25-19)16-4-2-1-3-5-16/h1-7,12-13,15,26H,8-11,14H2. The van der Waals surface area contributed by atoms with Crippen LogP contribution >= 0.6 is 27.3 Å². The van der Waals surface area contributed by atoms with Crippen molar-refractivity contribution in [1.82, 2.24) is 19.8 Å². The molecule has 0 unspecified atom stereocenters. The second kappa shape index (κ2) is 8.34. The molecular weight excluding hydrogens is 460 g/mol. The molecule has 2 aromatic carbocycles. The third kappa shape index (κ3) is 4.05. The van der Waals surface area contributed by atoms with Crippen LogP contribution in [0.15, 0.2) is 64.5 Å². The third-order valence-corrected chi connectivity index (χ3v) is 6.86. The average molecular weight is 481 g/mol. The van der Waals surface area contributed by atoms with E-state index in [4.69, 9.17) is 4.98 Å². The van der Waals surface area contributed by atoms with Gasteiger partial charge in [0.25, 0.3) is 5.91 Å². The van der Waals surface area contributed by atoms with Gasteiger partial charge in [-0.2, -0.15) is 0 Å². The van der Waals surface area contributed by atoms with Gasteiger partial charge in [-0.15, -0.1) is 11.3 Å². The predicted molar refractivity (Wildman–Crippen MR) is 125 cm³/mol. The molecule has 1 amide bonds. The highest BCUT2D eigenvalue weighted by Crippen LogP contribution is 2.25. The molecule has 1 aliphatic rings. The highest BCUT2D eigenvalue weighted by molar-refractivity contribution is 9.10. The van der Waals surface area contributed by atoms with Gasteiger partial charge in [0.2, 0.25) is 0 Å². The lowest BCUT2D eigenvalue weighted by atomic mass is 10.2. The van der Waals surface area contributed by atoms with Crippen molar-refractivity contribution in [2.75, 3.05) is 26.2 Å². The summed E-state index contributed by atoms with van der Waals surface area (Å²) in [7, 11) is 0. The summed E-state index contributed by atoms with van der Waals surface area (Å²) in [5.74, 6) is 0.0713. The van der Waals surface area contributed by atoms with Crippen LogP contribution in [0.3, 0.4) is 0 Å². The molecule has 0 bridgehead atoms. The van der Waals surface area contributed by atoms with E-state index < -0.39 is 0 Å². The maximum atomic E-state index is 12.9. The van der Waals surface area contributed by atoms with Crippen molar-refractivity contribution >= 4 is 44.1 Å². The second-order valence-corrected chi connectivity index (χ2v) is 9.27. The first-order chi connectivity index (χ1) is 14.7. The lowest BCUT2D eigenvalue weighted by Gasteiger charge is -2.34. The van der Waals surface area contributed by atoms with E-state index in [2.05, 4.69) is 43.3 Å². The van der Waals surface area contributed by atoms with E-state index in [-0.39, 0.29) is 5.91 Å². The van der Waals surface area contributed by atoms with Gasteiger partial charge in [0.05, 0.1) is 5.69 Å². The molecule has 2 aromatic heterocycles. The van der Waals surface area contributed by atoms with Crippen LogP contribution in [0.1, 0.15) is 16.2 Å². The summed E-state index contributed by atoms with van der Waals surface area (Å²) in [5.41, 5.74) is 3.90. The number of thiazole rings is 1. The predicted octanol–water partition coefficient (Wildman–Crippen LogP) is 5.01. The van der Waals surface area contributed by atoms with Crippen molar-refractivity contribution in [1.29, 1.82) is 0 Å². The number of H-pyrrole nitrogens is 1. The molecule has 30 heavy (non-hydrogen) atoms. The Morgan fingerprint density at radius 1 is 1.07 bits per heavy atom. The smallest absolute Gasteiger partial charge is 0.270 e. The second-order valence-electron chi connectivity index (χ2n) is 7.49. The molecule has 0 atom stereocenters. The van der Waals surface area contributed by atoms with Crippen molar-refractivity contribution < 1.29 is 4.79 Å². The summed E-state index contributed by atoms with van der Waals surface area (Å²) in [5, 5.41) is 4.25. The fourth-order valence-electron chi connectivity index (χ4n) is 3.82. The Kier molecular flexibility index (Phi) is 5.41. The van der Waals surface area contributed by atoms with Gasteiger partial charge in [-0.1, -0.05) is 46.3 Å². The fraction of sp³-hybridized carbons (Fsp3) is 0.217. The molecule has 4 aromatic rings. The monoisotopic (exact) mass is 480 g/mol. The van der Waals surface area contributed by atoms with Crippen LogP contribution in [0.25, 0.3) is 21.5 Å². The van der Waals surface area contributed by atoms with Gasteiger partial charge < -0.3 is 9.88 Å². The maximum Gasteiger partial charge on any atom is 0.270 e. The zero-order valence-electron chi connectivity index (χ0n) is 16.3. The number of carbonyl (C=O) groups excluding carboxylic acids is 1. The van der Waals surface area contributed by atoms with Crippen LogP contribution in [0, 0.1) is 0 Å². The number of amides is 1. The zero-order chi connectivity index (χ0) is 20.5. The van der Waals surface area contributed by atoms with Gasteiger partial charge in [-0.05, 0) is 24.3 Å². The molecule has 1 fully saturated rings. The van der Waals surface area contributed by atoms with Gasteiger partial charge in [-0.3, -0.25) is 9.69 Å². The summed E-state index contributed by atoms with van der Waals surface area (Å²) in [4.78, 5) is 25.3.